The Morgan fingerprint density at radius 1 is 1.17 bits per heavy atom. The molecular weight excluding hydrogens is 292 g/mol. The van der Waals surface area contributed by atoms with E-state index in [0.29, 0.717) is 37.7 Å². The maximum absolute atomic E-state index is 10.8. The van der Waals surface area contributed by atoms with Gasteiger partial charge in [0.05, 0.1) is 12.1 Å². The normalized spacial score (nSPS) is 17.7. The van der Waals surface area contributed by atoms with Gasteiger partial charge in [-0.15, -0.1) is 5.10 Å². The highest BCUT2D eigenvalue weighted by molar-refractivity contribution is 5.27. The van der Waals surface area contributed by atoms with Gasteiger partial charge in [0, 0.05) is 19.5 Å². The smallest absolute Gasteiger partial charge is 0.318 e. The molecule has 2 aromatic rings. The topological polar surface area (TPSA) is 65.6 Å². The van der Waals surface area contributed by atoms with Crippen LogP contribution in [0.2, 0.25) is 0 Å². The van der Waals surface area contributed by atoms with Crippen LogP contribution in [0.5, 0.6) is 0 Å². The van der Waals surface area contributed by atoms with E-state index in [1.54, 1.807) is 0 Å². The number of aromatic nitrogens is 2. The van der Waals surface area contributed by atoms with E-state index in [0.717, 1.165) is 13.1 Å². The van der Waals surface area contributed by atoms with Crippen LogP contribution in [-0.2, 0) is 13.0 Å². The second kappa shape index (κ2) is 6.68. The van der Waals surface area contributed by atoms with Crippen molar-refractivity contribution in [3.8, 4) is 0 Å². The van der Waals surface area contributed by atoms with Gasteiger partial charge in [-0.3, -0.25) is 0 Å². The number of hydrogen-bond donors (Lipinski definition) is 1. The minimum Gasteiger partial charge on any atom is -0.407 e. The molecule has 1 aliphatic rings. The summed E-state index contributed by atoms with van der Waals surface area (Å²) in [5.74, 6) is 0.620. The maximum Gasteiger partial charge on any atom is 0.318 e. The standard InChI is InChI=1S/C17H24N4O2/c1-20(2)13-15-18-19-16(23-15)21-10-8-17(22,9-11-21)12-14-6-4-3-5-7-14/h3-7,22H,8-13H2,1-2H3. The number of aliphatic hydroxyl groups is 1. The minimum absolute atomic E-state index is 0.559. The van der Waals surface area contributed by atoms with E-state index in [9.17, 15) is 5.11 Å². The summed E-state index contributed by atoms with van der Waals surface area (Å²) in [5.41, 5.74) is 0.527. The molecule has 0 unspecified atom stereocenters. The van der Waals surface area contributed by atoms with Gasteiger partial charge in [-0.05, 0) is 32.5 Å². The summed E-state index contributed by atoms with van der Waals surface area (Å²) in [4.78, 5) is 4.05. The number of anilines is 1. The molecule has 1 aromatic carbocycles. The SMILES string of the molecule is CN(C)Cc1nnc(N2CCC(O)(Cc3ccccc3)CC2)o1. The molecule has 0 saturated carbocycles. The molecule has 3 rings (SSSR count). The molecule has 0 radical (unpaired) electrons. The van der Waals surface area contributed by atoms with Crippen LogP contribution < -0.4 is 4.90 Å². The Kier molecular flexibility index (Phi) is 4.63. The van der Waals surface area contributed by atoms with Crippen LogP contribution >= 0.6 is 0 Å². The van der Waals surface area contributed by atoms with E-state index >= 15 is 0 Å². The second-order valence-corrected chi connectivity index (χ2v) is 6.59. The molecule has 0 amide bonds. The van der Waals surface area contributed by atoms with Gasteiger partial charge in [0.25, 0.3) is 0 Å². The van der Waals surface area contributed by atoms with Crippen LogP contribution in [0.1, 0.15) is 24.3 Å². The zero-order valence-corrected chi connectivity index (χ0v) is 13.8. The van der Waals surface area contributed by atoms with Crippen molar-refractivity contribution < 1.29 is 9.52 Å². The molecule has 1 saturated heterocycles. The summed E-state index contributed by atoms with van der Waals surface area (Å²) in [6, 6.07) is 10.7. The molecule has 0 atom stereocenters. The molecule has 0 aliphatic carbocycles. The summed E-state index contributed by atoms with van der Waals surface area (Å²) in [7, 11) is 3.93. The summed E-state index contributed by atoms with van der Waals surface area (Å²) in [6.07, 6.45) is 2.10. The van der Waals surface area contributed by atoms with Crippen molar-refractivity contribution in [2.24, 2.45) is 0 Å². The van der Waals surface area contributed by atoms with Crippen LogP contribution in [-0.4, -0.2) is 53.0 Å². The van der Waals surface area contributed by atoms with Gasteiger partial charge in [-0.2, -0.15) is 0 Å². The Morgan fingerprint density at radius 3 is 2.52 bits per heavy atom. The second-order valence-electron chi connectivity index (χ2n) is 6.59. The fourth-order valence-electron chi connectivity index (χ4n) is 2.97. The quantitative estimate of drug-likeness (QED) is 0.906. The van der Waals surface area contributed by atoms with Crippen molar-refractivity contribution in [3.05, 3.63) is 41.8 Å². The summed E-state index contributed by atoms with van der Waals surface area (Å²) < 4.78 is 5.70. The molecule has 6 heteroatoms. The van der Waals surface area contributed by atoms with Crippen LogP contribution in [0.4, 0.5) is 6.01 Å². The summed E-state index contributed by atoms with van der Waals surface area (Å²) in [6.45, 7) is 2.10. The zero-order chi connectivity index (χ0) is 16.3. The Balaban J connectivity index is 1.58. The fourth-order valence-corrected chi connectivity index (χ4v) is 2.97. The lowest BCUT2D eigenvalue weighted by Crippen LogP contribution is -2.45. The maximum atomic E-state index is 10.8. The highest BCUT2D eigenvalue weighted by atomic mass is 16.4. The number of piperidine rings is 1. The number of hydrogen-bond acceptors (Lipinski definition) is 6. The molecule has 1 aromatic heterocycles. The summed E-state index contributed by atoms with van der Waals surface area (Å²) in [5, 5.41) is 19.0. The average molecular weight is 316 g/mol. The molecule has 23 heavy (non-hydrogen) atoms. The first kappa shape index (κ1) is 16.0. The van der Waals surface area contributed by atoms with E-state index in [-0.39, 0.29) is 0 Å². The van der Waals surface area contributed by atoms with Crippen molar-refractivity contribution in [2.75, 3.05) is 32.1 Å². The predicted molar refractivity (Wildman–Crippen MR) is 88.2 cm³/mol. The van der Waals surface area contributed by atoms with E-state index in [1.165, 1.54) is 5.56 Å². The number of rotatable bonds is 5. The number of nitrogens with zero attached hydrogens (tertiary/aromatic N) is 4. The first-order chi connectivity index (χ1) is 11.0. The Labute approximate surface area is 136 Å². The molecule has 1 aliphatic heterocycles. The van der Waals surface area contributed by atoms with Gasteiger partial charge >= 0.3 is 6.01 Å². The van der Waals surface area contributed by atoms with Gasteiger partial charge in [0.1, 0.15) is 0 Å². The average Bonchev–Trinajstić information content (AvgIpc) is 2.96. The number of benzene rings is 1. The van der Waals surface area contributed by atoms with Gasteiger partial charge in [0.2, 0.25) is 5.89 Å². The van der Waals surface area contributed by atoms with Gasteiger partial charge < -0.3 is 19.3 Å². The van der Waals surface area contributed by atoms with Crippen molar-refractivity contribution in [1.29, 1.82) is 0 Å². The van der Waals surface area contributed by atoms with E-state index < -0.39 is 5.60 Å². The molecular formula is C17H24N4O2. The van der Waals surface area contributed by atoms with E-state index in [1.807, 2.05) is 37.2 Å². The fraction of sp³-hybridized carbons (Fsp3) is 0.529. The molecule has 0 spiro atoms. The Morgan fingerprint density at radius 2 is 1.87 bits per heavy atom. The van der Waals surface area contributed by atoms with Crippen molar-refractivity contribution in [2.45, 2.75) is 31.4 Å². The van der Waals surface area contributed by atoms with Gasteiger partial charge in [0.15, 0.2) is 0 Å². The van der Waals surface area contributed by atoms with Crippen LogP contribution in [0.15, 0.2) is 34.7 Å². The van der Waals surface area contributed by atoms with Crippen molar-refractivity contribution in [3.63, 3.8) is 0 Å². The monoisotopic (exact) mass is 316 g/mol. The lowest BCUT2D eigenvalue weighted by atomic mass is 9.85. The van der Waals surface area contributed by atoms with E-state index in [4.69, 9.17) is 4.42 Å². The molecule has 6 nitrogen and oxygen atoms in total. The largest absolute Gasteiger partial charge is 0.407 e. The predicted octanol–water partition coefficient (Wildman–Crippen LogP) is 1.71. The van der Waals surface area contributed by atoms with Crippen LogP contribution in [0.3, 0.4) is 0 Å². The zero-order valence-electron chi connectivity index (χ0n) is 13.8. The third-order valence-corrected chi connectivity index (χ3v) is 4.25. The molecule has 2 heterocycles. The Hall–Kier alpha value is -1.92. The van der Waals surface area contributed by atoms with Gasteiger partial charge in [-0.1, -0.05) is 35.4 Å². The highest BCUT2D eigenvalue weighted by Crippen LogP contribution is 2.28. The third kappa shape index (κ3) is 4.09. The lowest BCUT2D eigenvalue weighted by Gasteiger charge is -2.37. The molecule has 1 fully saturated rings. The van der Waals surface area contributed by atoms with Crippen LogP contribution in [0, 0.1) is 0 Å². The Bertz CT molecular complexity index is 619. The lowest BCUT2D eigenvalue weighted by molar-refractivity contribution is 0.0158. The molecule has 1 N–H and O–H groups in total. The van der Waals surface area contributed by atoms with Crippen molar-refractivity contribution in [1.82, 2.24) is 15.1 Å². The molecule has 0 bridgehead atoms. The van der Waals surface area contributed by atoms with E-state index in [2.05, 4.69) is 27.2 Å². The first-order valence-electron chi connectivity index (χ1n) is 8.02. The first-order valence-corrected chi connectivity index (χ1v) is 8.02. The van der Waals surface area contributed by atoms with Crippen molar-refractivity contribution >= 4 is 6.01 Å². The van der Waals surface area contributed by atoms with Crippen LogP contribution in [0.25, 0.3) is 0 Å². The van der Waals surface area contributed by atoms with Gasteiger partial charge in [-0.25, -0.2) is 0 Å². The molecule has 124 valence electrons. The highest BCUT2D eigenvalue weighted by Gasteiger charge is 2.33. The minimum atomic E-state index is -0.648. The summed E-state index contributed by atoms with van der Waals surface area (Å²) >= 11 is 0. The third-order valence-electron chi connectivity index (χ3n) is 4.25.